The highest BCUT2D eigenvalue weighted by Gasteiger charge is 2.42. The summed E-state index contributed by atoms with van der Waals surface area (Å²) in [6.07, 6.45) is 7.19. The fourth-order valence-corrected chi connectivity index (χ4v) is 4.47. The zero-order valence-electron chi connectivity index (χ0n) is 12.6. The minimum atomic E-state index is -0.620. The molecule has 1 N–H and O–H groups in total. The summed E-state index contributed by atoms with van der Waals surface area (Å²) in [6, 6.07) is 0. The van der Waals surface area contributed by atoms with Crippen molar-refractivity contribution in [2.75, 3.05) is 6.61 Å². The Kier molecular flexibility index (Phi) is 3.87. The fraction of sp³-hybridized carbons (Fsp3) is 0.438. The molecule has 0 aromatic carbocycles. The van der Waals surface area contributed by atoms with Crippen molar-refractivity contribution in [2.24, 2.45) is 5.41 Å². The fourth-order valence-electron chi connectivity index (χ4n) is 3.15. The predicted molar refractivity (Wildman–Crippen MR) is 86.1 cm³/mol. The molecule has 22 heavy (non-hydrogen) atoms. The molecule has 2 aromatic heterocycles. The second kappa shape index (κ2) is 5.68. The molecule has 0 fully saturated rings. The van der Waals surface area contributed by atoms with Crippen LogP contribution in [0.2, 0.25) is 0 Å². The summed E-state index contributed by atoms with van der Waals surface area (Å²) < 4.78 is 5.28. The molecule has 116 valence electrons. The summed E-state index contributed by atoms with van der Waals surface area (Å²) in [7, 11) is 0. The molecule has 0 saturated carbocycles. The molecule has 1 unspecified atom stereocenters. The van der Waals surface area contributed by atoms with E-state index in [1.165, 1.54) is 17.7 Å². The van der Waals surface area contributed by atoms with Crippen molar-refractivity contribution in [3.63, 3.8) is 0 Å². The highest BCUT2D eigenvalue weighted by Crippen LogP contribution is 2.43. The molecule has 1 atom stereocenters. The van der Waals surface area contributed by atoms with Crippen molar-refractivity contribution in [2.45, 2.75) is 33.1 Å². The number of fused-ring (bicyclic) bond motifs is 3. The van der Waals surface area contributed by atoms with Gasteiger partial charge in [-0.3, -0.25) is 9.59 Å². The average molecular weight is 318 g/mol. The molecule has 3 rings (SSSR count). The highest BCUT2D eigenvalue weighted by molar-refractivity contribution is 7.18. The maximum atomic E-state index is 12.4. The van der Waals surface area contributed by atoms with Crippen LogP contribution >= 0.6 is 11.3 Å². The van der Waals surface area contributed by atoms with Gasteiger partial charge in [0.25, 0.3) is 5.56 Å². The molecular formula is C16H18N2O3S. The van der Waals surface area contributed by atoms with Crippen LogP contribution in [-0.2, 0) is 22.4 Å². The molecule has 2 heterocycles. The topological polar surface area (TPSA) is 72.0 Å². The maximum Gasteiger partial charge on any atom is 0.316 e. The molecule has 6 heteroatoms. The van der Waals surface area contributed by atoms with Gasteiger partial charge in [-0.25, -0.2) is 4.98 Å². The first-order chi connectivity index (χ1) is 10.6. The predicted octanol–water partition coefficient (Wildman–Crippen LogP) is 2.60. The lowest BCUT2D eigenvalue weighted by Gasteiger charge is -2.32. The van der Waals surface area contributed by atoms with Crippen molar-refractivity contribution in [1.82, 2.24) is 9.97 Å². The SMILES string of the molecule is C/C=C/C1(C(=O)OCC)CCc2c(sc3nc[nH]c(=O)c23)C1. The number of aromatic amines is 1. The van der Waals surface area contributed by atoms with Gasteiger partial charge in [0.15, 0.2) is 0 Å². The Morgan fingerprint density at radius 1 is 1.59 bits per heavy atom. The number of thiophene rings is 1. The molecule has 0 saturated heterocycles. The number of carbonyl (C=O) groups excluding carboxylic acids is 1. The first-order valence-corrected chi connectivity index (χ1v) is 8.22. The largest absolute Gasteiger partial charge is 0.465 e. The van der Waals surface area contributed by atoms with Crippen LogP contribution in [0.15, 0.2) is 23.3 Å². The molecule has 0 bridgehead atoms. The Labute approximate surface area is 132 Å². The zero-order chi connectivity index (χ0) is 15.7. The number of allylic oxidation sites excluding steroid dienone is 1. The number of aromatic nitrogens is 2. The Morgan fingerprint density at radius 2 is 2.41 bits per heavy atom. The van der Waals surface area contributed by atoms with Crippen molar-refractivity contribution in [1.29, 1.82) is 0 Å². The van der Waals surface area contributed by atoms with E-state index in [1.807, 2.05) is 26.0 Å². The van der Waals surface area contributed by atoms with Crippen molar-refractivity contribution in [3.8, 4) is 0 Å². The number of nitrogens with one attached hydrogen (secondary N) is 1. The van der Waals surface area contributed by atoms with Gasteiger partial charge in [0.05, 0.1) is 23.7 Å². The van der Waals surface area contributed by atoms with Crippen molar-refractivity contribution in [3.05, 3.63) is 39.3 Å². The Hall–Kier alpha value is -1.95. The number of hydrogen-bond donors (Lipinski definition) is 1. The van der Waals surface area contributed by atoms with Crippen LogP contribution in [0.25, 0.3) is 10.2 Å². The van der Waals surface area contributed by atoms with Crippen molar-refractivity contribution >= 4 is 27.5 Å². The molecule has 1 aliphatic carbocycles. The summed E-state index contributed by atoms with van der Waals surface area (Å²) in [5.74, 6) is -0.182. The van der Waals surface area contributed by atoms with E-state index in [2.05, 4.69) is 9.97 Å². The number of H-pyrrole nitrogens is 1. The minimum Gasteiger partial charge on any atom is -0.465 e. The third-order valence-corrected chi connectivity index (χ3v) is 5.28. The van der Waals surface area contributed by atoms with E-state index >= 15 is 0 Å². The van der Waals surface area contributed by atoms with Gasteiger partial charge in [-0.1, -0.05) is 12.2 Å². The lowest BCUT2D eigenvalue weighted by atomic mass is 9.73. The normalized spacial score (nSPS) is 21.2. The third-order valence-electron chi connectivity index (χ3n) is 4.14. The van der Waals surface area contributed by atoms with E-state index in [9.17, 15) is 9.59 Å². The van der Waals surface area contributed by atoms with Gasteiger partial charge < -0.3 is 9.72 Å². The first-order valence-electron chi connectivity index (χ1n) is 7.40. The molecule has 2 aromatic rings. The van der Waals surface area contributed by atoms with Gasteiger partial charge in [0.2, 0.25) is 0 Å². The smallest absolute Gasteiger partial charge is 0.316 e. The number of rotatable bonds is 3. The van der Waals surface area contributed by atoms with Crippen LogP contribution < -0.4 is 5.56 Å². The summed E-state index contributed by atoms with van der Waals surface area (Å²) in [5.41, 5.74) is 0.321. The Balaban J connectivity index is 2.09. The molecular weight excluding hydrogens is 300 g/mol. The molecule has 0 spiro atoms. The van der Waals surface area contributed by atoms with Gasteiger partial charge in [0.1, 0.15) is 4.83 Å². The maximum absolute atomic E-state index is 12.4. The van der Waals surface area contributed by atoms with Crippen LogP contribution in [0.4, 0.5) is 0 Å². The van der Waals surface area contributed by atoms with Crippen molar-refractivity contribution < 1.29 is 9.53 Å². The summed E-state index contributed by atoms with van der Waals surface area (Å²) in [5, 5.41) is 0.681. The molecule has 1 aliphatic rings. The van der Waals surface area contributed by atoms with Crippen LogP contribution in [0.3, 0.4) is 0 Å². The van der Waals surface area contributed by atoms with Gasteiger partial charge in [0, 0.05) is 11.3 Å². The van der Waals surface area contributed by atoms with Gasteiger partial charge in [-0.2, -0.15) is 0 Å². The second-order valence-electron chi connectivity index (χ2n) is 5.47. The summed E-state index contributed by atoms with van der Waals surface area (Å²) in [6.45, 7) is 4.10. The molecule has 0 amide bonds. The van der Waals surface area contributed by atoms with Crippen LogP contribution in [-0.4, -0.2) is 22.5 Å². The monoisotopic (exact) mass is 318 g/mol. The minimum absolute atomic E-state index is 0.0998. The third kappa shape index (κ3) is 2.27. The standard InChI is InChI=1S/C16H18N2O3S/c1-3-6-16(15(20)21-4-2)7-5-10-11(8-16)22-14-12(10)13(19)17-9-18-14/h3,6,9H,4-5,7-8H2,1-2H3,(H,17,18,19)/b6-3+. The van der Waals surface area contributed by atoms with Gasteiger partial charge in [-0.15, -0.1) is 11.3 Å². The van der Waals surface area contributed by atoms with E-state index in [0.717, 1.165) is 15.3 Å². The van der Waals surface area contributed by atoms with E-state index in [0.29, 0.717) is 31.3 Å². The lowest BCUT2D eigenvalue weighted by molar-refractivity contribution is -0.153. The second-order valence-corrected chi connectivity index (χ2v) is 6.55. The highest BCUT2D eigenvalue weighted by atomic mass is 32.1. The molecule has 0 aliphatic heterocycles. The van der Waals surface area contributed by atoms with E-state index in [-0.39, 0.29) is 11.5 Å². The van der Waals surface area contributed by atoms with Gasteiger partial charge in [-0.05, 0) is 32.3 Å². The molecule has 5 nitrogen and oxygen atoms in total. The molecule has 0 radical (unpaired) electrons. The number of nitrogens with zero attached hydrogens (tertiary/aromatic N) is 1. The summed E-state index contributed by atoms with van der Waals surface area (Å²) in [4.78, 5) is 33.2. The lowest BCUT2D eigenvalue weighted by Crippen LogP contribution is -2.36. The summed E-state index contributed by atoms with van der Waals surface area (Å²) >= 11 is 1.50. The Morgan fingerprint density at radius 3 is 3.14 bits per heavy atom. The number of carbonyl (C=O) groups is 1. The van der Waals surface area contributed by atoms with Crippen LogP contribution in [0.5, 0.6) is 0 Å². The van der Waals surface area contributed by atoms with Gasteiger partial charge >= 0.3 is 5.97 Å². The van der Waals surface area contributed by atoms with Crippen LogP contribution in [0.1, 0.15) is 30.7 Å². The number of ether oxygens (including phenoxy) is 1. The van der Waals surface area contributed by atoms with E-state index in [1.54, 1.807) is 0 Å². The number of hydrogen-bond acceptors (Lipinski definition) is 5. The quantitative estimate of drug-likeness (QED) is 0.697. The van der Waals surface area contributed by atoms with Crippen LogP contribution in [0, 0.1) is 5.41 Å². The zero-order valence-corrected chi connectivity index (χ0v) is 13.5. The first kappa shape index (κ1) is 15.0. The number of aryl methyl sites for hydroxylation is 1. The average Bonchev–Trinajstić information content (AvgIpc) is 2.86. The number of esters is 1. The van der Waals surface area contributed by atoms with E-state index < -0.39 is 5.41 Å². The van der Waals surface area contributed by atoms with E-state index in [4.69, 9.17) is 4.74 Å². The Bertz CT molecular complexity index is 805.